The maximum Gasteiger partial charge on any atom is 0.257 e. The van der Waals surface area contributed by atoms with Gasteiger partial charge in [-0.15, -0.1) is 6.58 Å². The Balaban J connectivity index is 0.959. The van der Waals surface area contributed by atoms with Gasteiger partial charge in [0, 0.05) is 63.7 Å². The molecule has 2 N–H and O–H groups in total. The molecule has 14 nitrogen and oxygen atoms in total. The minimum absolute atomic E-state index is 0.0783. The largest absolute Gasteiger partial charge is 0.508 e. The van der Waals surface area contributed by atoms with Gasteiger partial charge >= 0.3 is 0 Å². The van der Waals surface area contributed by atoms with Crippen molar-refractivity contribution in [1.29, 1.82) is 0 Å². The number of rotatable bonds is 13. The van der Waals surface area contributed by atoms with Gasteiger partial charge in [-0.1, -0.05) is 66.7 Å². The van der Waals surface area contributed by atoms with E-state index in [2.05, 4.69) is 21.7 Å². The third-order valence-corrected chi connectivity index (χ3v) is 13.4. The lowest BCUT2D eigenvalue weighted by Crippen LogP contribution is -2.75. The number of carbonyl (C=O) groups is 4. The molecule has 4 amide bonds. The van der Waals surface area contributed by atoms with E-state index in [1.165, 1.54) is 25.9 Å². The lowest BCUT2D eigenvalue weighted by atomic mass is 9.97. The van der Waals surface area contributed by atoms with E-state index >= 15 is 0 Å². The van der Waals surface area contributed by atoms with Crippen LogP contribution >= 0.6 is 0 Å². The van der Waals surface area contributed by atoms with E-state index in [0.29, 0.717) is 23.7 Å². The van der Waals surface area contributed by atoms with Crippen molar-refractivity contribution in [3.63, 3.8) is 0 Å². The molecular formula is C50H57N9O5. The van der Waals surface area contributed by atoms with Crippen LogP contribution in [0.25, 0.3) is 10.9 Å². The highest BCUT2D eigenvalue weighted by Crippen LogP contribution is 2.33. The lowest BCUT2D eigenvalue weighted by Gasteiger charge is -2.55. The number of nitrogens with one attached hydrogen (secondary N) is 1. The van der Waals surface area contributed by atoms with E-state index in [1.807, 2.05) is 78.5 Å². The minimum Gasteiger partial charge on any atom is -0.508 e. The number of phenolic OH excluding ortho intramolecular Hbond substituents is 1. The fourth-order valence-corrected chi connectivity index (χ4v) is 10.2. The van der Waals surface area contributed by atoms with Crippen LogP contribution in [0.5, 0.6) is 5.75 Å². The van der Waals surface area contributed by atoms with Gasteiger partial charge in [-0.3, -0.25) is 19.2 Å². The molecule has 0 saturated carbocycles. The number of piperazine rings is 1. The van der Waals surface area contributed by atoms with Crippen molar-refractivity contribution in [1.82, 2.24) is 34.3 Å². The van der Waals surface area contributed by atoms with E-state index in [0.717, 1.165) is 59.3 Å². The number of benzene rings is 3. The summed E-state index contributed by atoms with van der Waals surface area (Å²) < 4.78 is 1.91. The molecule has 332 valence electrons. The summed E-state index contributed by atoms with van der Waals surface area (Å²) in [6, 6.07) is 25.8. The topological polar surface area (TPSA) is 138 Å². The molecule has 14 heteroatoms. The highest BCUT2D eigenvalue weighted by Gasteiger charge is 2.51. The third kappa shape index (κ3) is 8.84. The Kier molecular flexibility index (Phi) is 12.5. The zero-order chi connectivity index (χ0) is 44.3. The van der Waals surface area contributed by atoms with Crippen LogP contribution in [-0.4, -0.2) is 127 Å². The quantitative estimate of drug-likeness (QED) is 0.145. The Morgan fingerprint density at radius 2 is 1.67 bits per heavy atom. The summed E-state index contributed by atoms with van der Waals surface area (Å²) in [6.07, 6.45) is 10.2. The summed E-state index contributed by atoms with van der Waals surface area (Å²) in [7, 11) is 1.89. The molecule has 4 aliphatic rings. The summed E-state index contributed by atoms with van der Waals surface area (Å²) in [5, 5.41) is 17.2. The Hall–Kier alpha value is -6.51. The van der Waals surface area contributed by atoms with Crippen molar-refractivity contribution in [2.24, 2.45) is 7.05 Å². The molecule has 4 aliphatic heterocycles. The number of phenols is 1. The van der Waals surface area contributed by atoms with Gasteiger partial charge in [-0.25, -0.2) is 15.0 Å². The number of pyridine rings is 1. The number of carbonyl (C=O) groups excluding carboxylic acids is 4. The average molecular weight is 864 g/mol. The molecule has 0 radical (unpaired) electrons. The first-order chi connectivity index (χ1) is 31.1. The van der Waals surface area contributed by atoms with Crippen molar-refractivity contribution in [3.05, 3.63) is 132 Å². The maximum atomic E-state index is 14.8. The number of hydrazine groups is 1. The highest BCUT2D eigenvalue weighted by molar-refractivity contribution is 6.13. The van der Waals surface area contributed by atoms with E-state index in [9.17, 15) is 24.3 Å². The number of anilines is 2. The second-order valence-electron chi connectivity index (χ2n) is 17.5. The highest BCUT2D eigenvalue weighted by atomic mass is 16.3. The van der Waals surface area contributed by atoms with Gasteiger partial charge in [0.05, 0.1) is 36.1 Å². The van der Waals surface area contributed by atoms with Crippen LogP contribution in [-0.2, 0) is 40.8 Å². The maximum absolute atomic E-state index is 14.8. The molecule has 3 aromatic carbocycles. The third-order valence-electron chi connectivity index (χ3n) is 13.4. The Morgan fingerprint density at radius 3 is 2.39 bits per heavy atom. The van der Waals surface area contributed by atoms with Gasteiger partial charge in [-0.05, 0) is 86.1 Å². The molecule has 64 heavy (non-hydrogen) atoms. The summed E-state index contributed by atoms with van der Waals surface area (Å²) in [5.74, 6) is 0.0861. The second-order valence-corrected chi connectivity index (χ2v) is 17.5. The van der Waals surface area contributed by atoms with Crippen LogP contribution in [0, 0.1) is 0 Å². The normalized spacial score (nSPS) is 20.0. The lowest BCUT2D eigenvalue weighted by molar-refractivity contribution is -0.205. The first-order valence-corrected chi connectivity index (χ1v) is 22.6. The van der Waals surface area contributed by atoms with Crippen molar-refractivity contribution in [2.75, 3.05) is 56.0 Å². The number of piperidine rings is 1. The van der Waals surface area contributed by atoms with Crippen molar-refractivity contribution in [3.8, 4) is 5.75 Å². The SMILES string of the molecule is C=CCN1CC(=O)N2C(Cc3ccc(O)cc3)C(=O)N(Cc3cccc4c(C(=O)Nc5ccc(N6CCC(N7CCCC7)CC6)nc5)cn(C)c34)CC2N1C(=O)CCc1ccccc1. The smallest absolute Gasteiger partial charge is 0.257 e. The van der Waals surface area contributed by atoms with E-state index in [1.54, 1.807) is 56.4 Å². The van der Waals surface area contributed by atoms with Crippen LogP contribution in [0.3, 0.4) is 0 Å². The molecule has 0 spiro atoms. The van der Waals surface area contributed by atoms with Gasteiger partial charge in [0.2, 0.25) is 17.7 Å². The van der Waals surface area contributed by atoms with Gasteiger partial charge in [0.15, 0.2) is 0 Å². The first-order valence-electron chi connectivity index (χ1n) is 22.6. The number of aromatic hydroxyl groups is 1. The molecule has 2 aromatic heterocycles. The van der Waals surface area contributed by atoms with Crippen molar-refractivity contribution < 1.29 is 24.3 Å². The zero-order valence-electron chi connectivity index (χ0n) is 36.5. The van der Waals surface area contributed by atoms with Crippen molar-refractivity contribution in [2.45, 2.75) is 69.7 Å². The molecule has 2 unspecified atom stereocenters. The Bertz CT molecular complexity index is 2490. The predicted octanol–water partition coefficient (Wildman–Crippen LogP) is 5.58. The van der Waals surface area contributed by atoms with Crippen LogP contribution in [0.15, 0.2) is 110 Å². The molecule has 6 heterocycles. The number of aromatic nitrogens is 2. The van der Waals surface area contributed by atoms with Crippen LogP contribution in [0.2, 0.25) is 0 Å². The van der Waals surface area contributed by atoms with E-state index in [-0.39, 0.29) is 68.4 Å². The number of hydrogen-bond acceptors (Lipinski definition) is 9. The number of likely N-dealkylation sites (tertiary alicyclic amines) is 1. The molecule has 5 aromatic rings. The number of nitrogens with zero attached hydrogens (tertiary/aromatic N) is 8. The number of para-hydroxylation sites is 1. The summed E-state index contributed by atoms with van der Waals surface area (Å²) >= 11 is 0. The van der Waals surface area contributed by atoms with Gasteiger partial charge < -0.3 is 34.6 Å². The van der Waals surface area contributed by atoms with Crippen LogP contribution < -0.4 is 10.2 Å². The summed E-state index contributed by atoms with van der Waals surface area (Å²) in [4.78, 5) is 70.3. The fraction of sp³-hybridized carbons (Fsp3) is 0.380. The van der Waals surface area contributed by atoms with Crippen molar-refractivity contribution >= 4 is 46.0 Å². The minimum atomic E-state index is -0.915. The molecule has 2 atom stereocenters. The molecule has 9 rings (SSSR count). The molecule has 0 aliphatic carbocycles. The average Bonchev–Trinajstić information content (AvgIpc) is 3.98. The Labute approximate surface area is 374 Å². The summed E-state index contributed by atoms with van der Waals surface area (Å²) in [5.41, 5.74) is 4.50. The monoisotopic (exact) mass is 863 g/mol. The molecule has 4 fully saturated rings. The summed E-state index contributed by atoms with van der Waals surface area (Å²) in [6.45, 7) is 8.73. The molecule has 4 saturated heterocycles. The molecule has 0 bridgehead atoms. The fourth-order valence-electron chi connectivity index (χ4n) is 10.2. The first kappa shape index (κ1) is 42.8. The van der Waals surface area contributed by atoms with Gasteiger partial charge in [0.25, 0.3) is 5.91 Å². The standard InChI is InChI=1S/C50H57N9O5/c1-3-24-57-34-47(62)58-43(29-36-14-18-40(60)19-15-36)50(64)56(33-45(58)59(57)46(61)21-16-35-10-5-4-6-11-35)31-37-12-9-13-41-42(32-53(2)48(37)41)49(63)52-38-17-20-44(51-30-38)55-27-22-39(23-28-55)54-25-7-8-26-54/h3-6,9-15,17-20,30,32,39,43,45,60H,1,7-8,16,21-29,31,33-34H2,2H3,(H,52,63). The second kappa shape index (κ2) is 18.7. The van der Waals surface area contributed by atoms with Gasteiger partial charge in [0.1, 0.15) is 23.8 Å². The molecular weight excluding hydrogens is 807 g/mol. The predicted molar refractivity (Wildman–Crippen MR) is 246 cm³/mol. The van der Waals surface area contributed by atoms with E-state index in [4.69, 9.17) is 4.98 Å². The Morgan fingerprint density at radius 1 is 0.906 bits per heavy atom. The van der Waals surface area contributed by atoms with Crippen LogP contribution in [0.1, 0.15) is 59.2 Å². The number of aryl methyl sites for hydroxylation is 2. The number of fused-ring (bicyclic) bond motifs is 2. The number of amides is 4. The van der Waals surface area contributed by atoms with E-state index < -0.39 is 12.2 Å². The zero-order valence-corrected chi connectivity index (χ0v) is 36.5. The van der Waals surface area contributed by atoms with Crippen LogP contribution in [0.4, 0.5) is 11.5 Å². The number of hydrogen-bond donors (Lipinski definition) is 2. The van der Waals surface area contributed by atoms with Gasteiger partial charge in [-0.2, -0.15) is 0 Å².